The average Bonchev–Trinajstić information content (AvgIpc) is 2.79. The van der Waals surface area contributed by atoms with Crippen LogP contribution in [0, 0.1) is 6.92 Å². The number of amides is 2. The molecule has 0 saturated heterocycles. The van der Waals surface area contributed by atoms with Crippen molar-refractivity contribution in [1.82, 2.24) is 10.2 Å². The smallest absolute Gasteiger partial charge is 0.326 e. The summed E-state index contributed by atoms with van der Waals surface area (Å²) in [6, 6.07) is -0.949. The summed E-state index contributed by atoms with van der Waals surface area (Å²) in [5.74, 6) is -1.62. The lowest BCUT2D eigenvalue weighted by molar-refractivity contribution is -0.141. The Morgan fingerprint density at radius 2 is 2.05 bits per heavy atom. The fourth-order valence-corrected chi connectivity index (χ4v) is 2.51. The summed E-state index contributed by atoms with van der Waals surface area (Å²) in [6.45, 7) is 5.01. The van der Waals surface area contributed by atoms with Crippen LogP contribution in [0.1, 0.15) is 29.8 Å². The first-order valence-corrected chi connectivity index (χ1v) is 7.10. The Morgan fingerprint density at radius 3 is 2.50 bits per heavy atom. The highest BCUT2D eigenvalue weighted by atomic mass is 32.1. The molecule has 7 heteroatoms. The first kappa shape index (κ1) is 16.2. The maximum Gasteiger partial charge on any atom is 0.326 e. The second-order valence-corrected chi connectivity index (χ2v) is 5.21. The second kappa shape index (κ2) is 7.04. The number of aliphatic carboxylic acids is 1. The molecule has 0 fully saturated rings. The van der Waals surface area contributed by atoms with Crippen LogP contribution in [0.25, 0.3) is 0 Å². The Hall–Kier alpha value is -1.89. The van der Waals surface area contributed by atoms with E-state index in [1.807, 2.05) is 5.38 Å². The van der Waals surface area contributed by atoms with Gasteiger partial charge in [0.05, 0.1) is 5.56 Å². The third-order valence-corrected chi connectivity index (χ3v) is 3.76. The predicted molar refractivity (Wildman–Crippen MR) is 75.9 cm³/mol. The molecule has 0 aliphatic heterocycles. The lowest BCUT2D eigenvalue weighted by atomic mass is 10.1. The number of carbonyl (C=O) groups is 3. The van der Waals surface area contributed by atoms with Crippen molar-refractivity contribution >= 4 is 29.1 Å². The molecule has 1 unspecified atom stereocenters. The van der Waals surface area contributed by atoms with Crippen molar-refractivity contribution in [2.24, 2.45) is 0 Å². The molecule has 1 rings (SSSR count). The highest BCUT2D eigenvalue weighted by Crippen LogP contribution is 2.17. The van der Waals surface area contributed by atoms with Gasteiger partial charge in [0, 0.05) is 25.4 Å². The molecule has 2 amide bonds. The standard InChI is InChI=1S/C13H18N2O4S/c1-8-6-20-7-11(8)12(17)15(9(2)13(18)19)5-4-14-10(3)16/h6-7,9H,4-5H2,1-3H3,(H,14,16)(H,18,19). The lowest BCUT2D eigenvalue weighted by Crippen LogP contribution is -2.46. The molecule has 0 aliphatic rings. The highest BCUT2D eigenvalue weighted by molar-refractivity contribution is 7.08. The second-order valence-electron chi connectivity index (χ2n) is 4.46. The fourth-order valence-electron chi connectivity index (χ4n) is 1.69. The van der Waals surface area contributed by atoms with E-state index in [1.165, 1.54) is 30.1 Å². The molecule has 1 atom stereocenters. The zero-order valence-corrected chi connectivity index (χ0v) is 12.5. The maximum atomic E-state index is 12.4. The maximum absolute atomic E-state index is 12.4. The van der Waals surface area contributed by atoms with Crippen molar-refractivity contribution < 1.29 is 19.5 Å². The minimum atomic E-state index is -1.07. The van der Waals surface area contributed by atoms with E-state index in [0.717, 1.165) is 5.56 Å². The Morgan fingerprint density at radius 1 is 1.40 bits per heavy atom. The van der Waals surface area contributed by atoms with Crippen LogP contribution < -0.4 is 5.32 Å². The molecule has 6 nitrogen and oxygen atoms in total. The number of hydrogen-bond donors (Lipinski definition) is 2. The third kappa shape index (κ3) is 4.06. The average molecular weight is 298 g/mol. The molecule has 1 aromatic rings. The number of nitrogens with zero attached hydrogens (tertiary/aromatic N) is 1. The van der Waals surface area contributed by atoms with Crippen molar-refractivity contribution in [3.05, 3.63) is 21.9 Å². The van der Waals surface area contributed by atoms with Gasteiger partial charge in [-0.25, -0.2) is 4.79 Å². The van der Waals surface area contributed by atoms with Crippen molar-refractivity contribution in [3.8, 4) is 0 Å². The van der Waals surface area contributed by atoms with Crippen LogP contribution in [-0.4, -0.2) is 46.9 Å². The van der Waals surface area contributed by atoms with Crippen molar-refractivity contribution in [1.29, 1.82) is 0 Å². The number of carboxylic acids is 1. The number of nitrogens with one attached hydrogen (secondary N) is 1. The van der Waals surface area contributed by atoms with E-state index >= 15 is 0 Å². The quantitative estimate of drug-likeness (QED) is 0.823. The van der Waals surface area contributed by atoms with Gasteiger partial charge < -0.3 is 15.3 Å². The van der Waals surface area contributed by atoms with Gasteiger partial charge in [0.2, 0.25) is 5.91 Å². The Kier molecular flexibility index (Phi) is 5.69. The zero-order valence-electron chi connectivity index (χ0n) is 11.7. The Bertz CT molecular complexity index is 512. The number of hydrogen-bond acceptors (Lipinski definition) is 4. The molecule has 0 radical (unpaired) electrons. The molecular weight excluding hydrogens is 280 g/mol. The van der Waals surface area contributed by atoms with Gasteiger partial charge in [-0.1, -0.05) is 0 Å². The van der Waals surface area contributed by atoms with Gasteiger partial charge in [-0.05, 0) is 24.8 Å². The van der Waals surface area contributed by atoms with E-state index in [0.29, 0.717) is 5.56 Å². The van der Waals surface area contributed by atoms with E-state index in [-0.39, 0.29) is 24.9 Å². The predicted octanol–water partition coefficient (Wildman–Crippen LogP) is 1.11. The van der Waals surface area contributed by atoms with Gasteiger partial charge in [0.15, 0.2) is 0 Å². The first-order valence-electron chi connectivity index (χ1n) is 6.15. The van der Waals surface area contributed by atoms with Crippen LogP contribution >= 0.6 is 11.3 Å². The van der Waals surface area contributed by atoms with Gasteiger partial charge in [0.1, 0.15) is 6.04 Å². The number of thiophene rings is 1. The lowest BCUT2D eigenvalue weighted by Gasteiger charge is -2.26. The summed E-state index contributed by atoms with van der Waals surface area (Å²) in [5, 5.41) is 15.2. The summed E-state index contributed by atoms with van der Waals surface area (Å²) >= 11 is 1.40. The zero-order chi connectivity index (χ0) is 15.3. The van der Waals surface area contributed by atoms with Gasteiger partial charge in [0.25, 0.3) is 5.91 Å². The molecular formula is C13H18N2O4S. The minimum Gasteiger partial charge on any atom is -0.480 e. The van der Waals surface area contributed by atoms with Crippen LogP contribution in [0.5, 0.6) is 0 Å². The van der Waals surface area contributed by atoms with Crippen LogP contribution in [0.4, 0.5) is 0 Å². The molecule has 0 saturated carbocycles. The highest BCUT2D eigenvalue weighted by Gasteiger charge is 2.27. The van der Waals surface area contributed by atoms with Crippen LogP contribution in [0.3, 0.4) is 0 Å². The third-order valence-electron chi connectivity index (χ3n) is 2.90. The van der Waals surface area contributed by atoms with Crippen LogP contribution in [-0.2, 0) is 9.59 Å². The monoisotopic (exact) mass is 298 g/mol. The summed E-state index contributed by atoms with van der Waals surface area (Å²) in [4.78, 5) is 35.6. The van der Waals surface area contributed by atoms with E-state index in [2.05, 4.69) is 5.32 Å². The Labute approximate surface area is 121 Å². The molecule has 1 heterocycles. The Balaban J connectivity index is 2.87. The van der Waals surface area contributed by atoms with E-state index in [9.17, 15) is 14.4 Å². The van der Waals surface area contributed by atoms with Gasteiger partial charge >= 0.3 is 5.97 Å². The number of aryl methyl sites for hydroxylation is 1. The molecule has 1 aromatic heterocycles. The van der Waals surface area contributed by atoms with Crippen LogP contribution in [0.2, 0.25) is 0 Å². The van der Waals surface area contributed by atoms with Crippen molar-refractivity contribution in [2.45, 2.75) is 26.8 Å². The number of carboxylic acid groups (broad SMARTS) is 1. The molecule has 0 aliphatic carbocycles. The number of carbonyl (C=O) groups excluding carboxylic acids is 2. The fraction of sp³-hybridized carbons (Fsp3) is 0.462. The minimum absolute atomic E-state index is 0.154. The van der Waals surface area contributed by atoms with Gasteiger partial charge in [-0.15, -0.1) is 0 Å². The van der Waals surface area contributed by atoms with Gasteiger partial charge in [-0.2, -0.15) is 11.3 Å². The molecule has 0 bridgehead atoms. The summed E-state index contributed by atoms with van der Waals surface area (Å²) in [5.41, 5.74) is 1.33. The molecule has 0 aromatic carbocycles. The summed E-state index contributed by atoms with van der Waals surface area (Å²) in [7, 11) is 0. The largest absolute Gasteiger partial charge is 0.480 e. The van der Waals surface area contributed by atoms with E-state index < -0.39 is 12.0 Å². The first-order chi connectivity index (χ1) is 9.34. The van der Waals surface area contributed by atoms with E-state index in [1.54, 1.807) is 12.3 Å². The topological polar surface area (TPSA) is 86.7 Å². The molecule has 2 N–H and O–H groups in total. The molecule has 0 spiro atoms. The van der Waals surface area contributed by atoms with Gasteiger partial charge in [-0.3, -0.25) is 9.59 Å². The van der Waals surface area contributed by atoms with Crippen molar-refractivity contribution in [2.75, 3.05) is 13.1 Å². The van der Waals surface area contributed by atoms with E-state index in [4.69, 9.17) is 5.11 Å². The molecule has 110 valence electrons. The van der Waals surface area contributed by atoms with Crippen molar-refractivity contribution in [3.63, 3.8) is 0 Å². The molecule has 20 heavy (non-hydrogen) atoms. The van der Waals surface area contributed by atoms with Crippen LogP contribution in [0.15, 0.2) is 10.8 Å². The summed E-state index contributed by atoms with van der Waals surface area (Å²) < 4.78 is 0. The normalized spacial score (nSPS) is 11.8. The SMILES string of the molecule is CC(=O)NCCN(C(=O)c1cscc1C)C(C)C(=O)O. The summed E-state index contributed by atoms with van der Waals surface area (Å²) in [6.07, 6.45) is 0. The number of rotatable bonds is 6.